The van der Waals surface area contributed by atoms with E-state index in [9.17, 15) is 4.79 Å². The van der Waals surface area contributed by atoms with Gasteiger partial charge in [-0.15, -0.1) is 5.10 Å². The zero-order valence-electron chi connectivity index (χ0n) is 10.7. The molecule has 0 fully saturated rings. The predicted molar refractivity (Wildman–Crippen MR) is 81.0 cm³/mol. The molecular weight excluding hydrogens is 326 g/mol. The highest BCUT2D eigenvalue weighted by Crippen LogP contribution is 2.21. The highest BCUT2D eigenvalue weighted by molar-refractivity contribution is 9.08. The molecule has 0 spiro atoms. The Bertz CT molecular complexity index is 583. The summed E-state index contributed by atoms with van der Waals surface area (Å²) in [7, 11) is 0. The average Bonchev–Trinajstić information content (AvgIpc) is 2.88. The van der Waals surface area contributed by atoms with Crippen molar-refractivity contribution in [2.24, 2.45) is 0 Å². The quantitative estimate of drug-likeness (QED) is 0.861. The first kappa shape index (κ1) is 14.1. The third-order valence-electron chi connectivity index (χ3n) is 2.61. The van der Waals surface area contributed by atoms with Gasteiger partial charge in [-0.25, -0.2) is 0 Å². The largest absolute Gasteiger partial charge is 0.321 e. The number of nitrogens with zero attached hydrogens (tertiary/aromatic N) is 2. The molecule has 0 radical (unpaired) electrons. The zero-order chi connectivity index (χ0) is 13.8. The number of halogens is 1. The van der Waals surface area contributed by atoms with Crippen molar-refractivity contribution in [2.75, 3.05) is 5.32 Å². The van der Waals surface area contributed by atoms with Crippen molar-refractivity contribution >= 4 is 39.1 Å². The minimum atomic E-state index is -0.148. The van der Waals surface area contributed by atoms with Crippen molar-refractivity contribution in [3.05, 3.63) is 40.4 Å². The van der Waals surface area contributed by atoms with Crippen molar-refractivity contribution in [3.63, 3.8) is 0 Å². The molecule has 19 heavy (non-hydrogen) atoms. The number of rotatable bonds is 4. The third-order valence-corrected chi connectivity index (χ3v) is 3.99. The maximum absolute atomic E-state index is 12.2. The second-order valence-corrected chi connectivity index (χ2v) is 5.74. The smallest absolute Gasteiger partial charge is 0.269 e. The van der Waals surface area contributed by atoms with Crippen LogP contribution in [0, 0.1) is 0 Å². The van der Waals surface area contributed by atoms with Crippen LogP contribution in [0.3, 0.4) is 0 Å². The minimum absolute atomic E-state index is 0.148. The normalized spacial score (nSPS) is 10.7. The molecule has 0 aliphatic carbocycles. The van der Waals surface area contributed by atoms with E-state index in [1.165, 1.54) is 0 Å². The summed E-state index contributed by atoms with van der Waals surface area (Å²) >= 11 is 4.53. The van der Waals surface area contributed by atoms with Gasteiger partial charge >= 0.3 is 0 Å². The number of carbonyl (C=O) groups excluding carboxylic acids is 1. The molecule has 1 aromatic heterocycles. The van der Waals surface area contributed by atoms with Crippen LogP contribution in [0.2, 0.25) is 0 Å². The highest BCUT2D eigenvalue weighted by Gasteiger charge is 2.18. The number of hydrogen-bond donors (Lipinski definition) is 1. The molecule has 1 amide bonds. The fourth-order valence-electron chi connectivity index (χ4n) is 1.65. The van der Waals surface area contributed by atoms with Crippen LogP contribution in [-0.2, 0) is 5.33 Å². The van der Waals surface area contributed by atoms with Gasteiger partial charge in [-0.2, -0.15) is 0 Å². The van der Waals surface area contributed by atoms with Gasteiger partial charge in [0.25, 0.3) is 5.91 Å². The first-order valence-electron chi connectivity index (χ1n) is 5.90. The SMILES string of the molecule is CC(C)c1nnsc1C(=O)Nc1cccc(CBr)c1. The van der Waals surface area contributed by atoms with E-state index >= 15 is 0 Å². The monoisotopic (exact) mass is 339 g/mol. The second kappa shape index (κ2) is 6.25. The van der Waals surface area contributed by atoms with Crippen LogP contribution in [-0.4, -0.2) is 15.5 Å². The van der Waals surface area contributed by atoms with Crippen LogP contribution in [0.25, 0.3) is 0 Å². The van der Waals surface area contributed by atoms with E-state index in [0.717, 1.165) is 33.8 Å². The molecule has 2 aromatic rings. The Morgan fingerprint density at radius 1 is 1.47 bits per heavy atom. The standard InChI is InChI=1S/C13H14BrN3OS/c1-8(2)11-12(19-17-16-11)13(18)15-10-5-3-4-9(6-10)7-14/h3-6,8H,7H2,1-2H3,(H,15,18). The fraction of sp³-hybridized carbons (Fsp3) is 0.308. The predicted octanol–water partition coefficient (Wildman–Crippen LogP) is 3.81. The van der Waals surface area contributed by atoms with Crippen LogP contribution in [0.1, 0.15) is 40.7 Å². The summed E-state index contributed by atoms with van der Waals surface area (Å²) in [5.41, 5.74) is 2.65. The zero-order valence-corrected chi connectivity index (χ0v) is 13.1. The van der Waals surface area contributed by atoms with Crippen molar-refractivity contribution in [1.82, 2.24) is 9.59 Å². The molecule has 1 N–H and O–H groups in total. The molecule has 2 rings (SSSR count). The number of anilines is 1. The molecule has 1 heterocycles. The number of nitrogens with one attached hydrogen (secondary N) is 1. The number of carbonyl (C=O) groups is 1. The lowest BCUT2D eigenvalue weighted by atomic mass is 10.1. The molecule has 0 aliphatic rings. The average molecular weight is 340 g/mol. The Balaban J connectivity index is 2.18. The van der Waals surface area contributed by atoms with Gasteiger partial charge in [-0.1, -0.05) is 46.4 Å². The first-order chi connectivity index (χ1) is 9.11. The van der Waals surface area contributed by atoms with Crippen LogP contribution in [0.5, 0.6) is 0 Å². The van der Waals surface area contributed by atoms with Gasteiger partial charge in [0, 0.05) is 11.0 Å². The molecule has 0 atom stereocenters. The summed E-state index contributed by atoms with van der Waals surface area (Å²) in [4.78, 5) is 12.8. The Morgan fingerprint density at radius 3 is 2.95 bits per heavy atom. The molecule has 1 aromatic carbocycles. The highest BCUT2D eigenvalue weighted by atomic mass is 79.9. The third kappa shape index (κ3) is 3.39. The molecule has 4 nitrogen and oxygen atoms in total. The number of aromatic nitrogens is 2. The van der Waals surface area contributed by atoms with Gasteiger partial charge in [0.2, 0.25) is 0 Å². The number of hydrogen-bond acceptors (Lipinski definition) is 4. The molecule has 6 heteroatoms. The molecule has 0 saturated carbocycles. The first-order valence-corrected chi connectivity index (χ1v) is 7.79. The van der Waals surface area contributed by atoms with E-state index in [-0.39, 0.29) is 11.8 Å². The fourth-order valence-corrected chi connectivity index (χ4v) is 2.72. The van der Waals surface area contributed by atoms with Crippen molar-refractivity contribution in [3.8, 4) is 0 Å². The summed E-state index contributed by atoms with van der Waals surface area (Å²) in [6.07, 6.45) is 0. The van der Waals surface area contributed by atoms with E-state index in [2.05, 4.69) is 30.8 Å². The van der Waals surface area contributed by atoms with Crippen LogP contribution >= 0.6 is 27.5 Å². The van der Waals surface area contributed by atoms with Gasteiger partial charge in [0.05, 0.1) is 5.69 Å². The second-order valence-electron chi connectivity index (χ2n) is 4.43. The Hall–Kier alpha value is -1.27. The van der Waals surface area contributed by atoms with Crippen LogP contribution in [0.15, 0.2) is 24.3 Å². The lowest BCUT2D eigenvalue weighted by Crippen LogP contribution is -2.13. The molecule has 0 aliphatic heterocycles. The molecule has 0 saturated heterocycles. The summed E-state index contributed by atoms with van der Waals surface area (Å²) in [5, 5.41) is 7.66. The van der Waals surface area contributed by atoms with E-state index in [0.29, 0.717) is 4.88 Å². The van der Waals surface area contributed by atoms with E-state index in [1.54, 1.807) is 0 Å². The summed E-state index contributed by atoms with van der Waals surface area (Å²) in [6.45, 7) is 4.00. The minimum Gasteiger partial charge on any atom is -0.321 e. The number of benzene rings is 1. The van der Waals surface area contributed by atoms with Gasteiger partial charge in [0.15, 0.2) is 0 Å². The van der Waals surface area contributed by atoms with Crippen molar-refractivity contribution < 1.29 is 4.79 Å². The van der Waals surface area contributed by atoms with Gasteiger partial charge in [-0.3, -0.25) is 4.79 Å². The lowest BCUT2D eigenvalue weighted by Gasteiger charge is -2.07. The topological polar surface area (TPSA) is 54.9 Å². The Kier molecular flexibility index (Phi) is 4.66. The summed E-state index contributed by atoms with van der Waals surface area (Å²) < 4.78 is 3.86. The Morgan fingerprint density at radius 2 is 2.26 bits per heavy atom. The molecule has 0 bridgehead atoms. The summed E-state index contributed by atoms with van der Waals surface area (Å²) in [5.74, 6) is 0.0406. The maximum atomic E-state index is 12.2. The summed E-state index contributed by atoms with van der Waals surface area (Å²) in [6, 6.07) is 7.72. The van der Waals surface area contributed by atoms with Gasteiger partial charge < -0.3 is 5.32 Å². The van der Waals surface area contributed by atoms with Crippen LogP contribution < -0.4 is 5.32 Å². The van der Waals surface area contributed by atoms with Crippen molar-refractivity contribution in [2.45, 2.75) is 25.1 Å². The number of alkyl halides is 1. The molecular formula is C13H14BrN3OS. The van der Waals surface area contributed by atoms with E-state index < -0.39 is 0 Å². The van der Waals surface area contributed by atoms with E-state index in [1.807, 2.05) is 38.1 Å². The van der Waals surface area contributed by atoms with Gasteiger partial charge in [0.1, 0.15) is 4.88 Å². The lowest BCUT2D eigenvalue weighted by molar-refractivity contribution is 0.102. The Labute approximate surface area is 124 Å². The number of amides is 1. The van der Waals surface area contributed by atoms with E-state index in [4.69, 9.17) is 0 Å². The maximum Gasteiger partial charge on any atom is 0.269 e. The molecule has 100 valence electrons. The van der Waals surface area contributed by atoms with Crippen molar-refractivity contribution in [1.29, 1.82) is 0 Å². The molecule has 0 unspecified atom stereocenters. The van der Waals surface area contributed by atoms with Gasteiger partial charge in [-0.05, 0) is 35.1 Å². The van der Waals surface area contributed by atoms with Crippen LogP contribution in [0.4, 0.5) is 5.69 Å².